The summed E-state index contributed by atoms with van der Waals surface area (Å²) in [6.45, 7) is 1.54. The zero-order valence-electron chi connectivity index (χ0n) is 14.5. The number of aryl methyl sites for hydroxylation is 1. The van der Waals surface area contributed by atoms with Gasteiger partial charge in [-0.2, -0.15) is 0 Å². The number of fused-ring (bicyclic) bond motifs is 1. The first-order chi connectivity index (χ1) is 12.7. The first kappa shape index (κ1) is 16.8. The van der Waals surface area contributed by atoms with Crippen molar-refractivity contribution in [1.82, 2.24) is 10.4 Å². The van der Waals surface area contributed by atoms with Crippen LogP contribution in [0.1, 0.15) is 50.6 Å². The molecule has 5 nitrogen and oxygen atoms in total. The van der Waals surface area contributed by atoms with Crippen LogP contribution in [0.15, 0.2) is 48.5 Å². The van der Waals surface area contributed by atoms with Gasteiger partial charge in [-0.15, -0.1) is 0 Å². The number of carbonyl (C=O) groups excluding carboxylic acids is 2. The van der Waals surface area contributed by atoms with Crippen LogP contribution >= 0.6 is 0 Å². The zero-order chi connectivity index (χ0) is 18.1. The van der Waals surface area contributed by atoms with Gasteiger partial charge in [-0.3, -0.25) is 14.8 Å². The van der Waals surface area contributed by atoms with Crippen LogP contribution < -0.4 is 5.48 Å². The molecule has 0 saturated carbocycles. The molecule has 2 aromatic rings. The Morgan fingerprint density at radius 3 is 2.62 bits per heavy atom. The molecule has 2 N–H and O–H groups in total. The van der Waals surface area contributed by atoms with Gasteiger partial charge in [-0.05, 0) is 66.5 Å². The highest BCUT2D eigenvalue weighted by atomic mass is 16.5. The van der Waals surface area contributed by atoms with E-state index in [-0.39, 0.29) is 5.91 Å². The van der Waals surface area contributed by atoms with Crippen molar-refractivity contribution in [3.63, 3.8) is 0 Å². The van der Waals surface area contributed by atoms with Crippen molar-refractivity contribution < 1.29 is 14.8 Å². The fourth-order valence-corrected chi connectivity index (χ4v) is 4.39. The van der Waals surface area contributed by atoms with Crippen molar-refractivity contribution in [3.05, 3.63) is 70.8 Å². The van der Waals surface area contributed by atoms with Crippen LogP contribution in [-0.2, 0) is 6.42 Å². The SMILES string of the molecule is O=C(NO)c1ccc2c(c1)C(C1CCN(C(=O)c3ccccc3)C1)CC2. The minimum atomic E-state index is -0.481. The molecule has 1 aliphatic carbocycles. The molecule has 1 aliphatic heterocycles. The summed E-state index contributed by atoms with van der Waals surface area (Å²) in [5.74, 6) is 0.395. The Morgan fingerprint density at radius 1 is 1.04 bits per heavy atom. The van der Waals surface area contributed by atoms with E-state index in [9.17, 15) is 9.59 Å². The largest absolute Gasteiger partial charge is 0.338 e. The molecule has 0 aromatic heterocycles. The fraction of sp³-hybridized carbons (Fsp3) is 0.333. The van der Waals surface area contributed by atoms with Gasteiger partial charge in [0, 0.05) is 24.2 Å². The monoisotopic (exact) mass is 350 g/mol. The van der Waals surface area contributed by atoms with Crippen molar-refractivity contribution in [1.29, 1.82) is 0 Å². The highest BCUT2D eigenvalue weighted by Crippen LogP contribution is 2.42. The minimum absolute atomic E-state index is 0.0970. The molecule has 0 spiro atoms. The fourth-order valence-electron chi connectivity index (χ4n) is 4.39. The van der Waals surface area contributed by atoms with E-state index in [1.54, 1.807) is 11.5 Å². The Labute approximate surface area is 152 Å². The highest BCUT2D eigenvalue weighted by Gasteiger charge is 2.36. The van der Waals surface area contributed by atoms with Crippen LogP contribution in [0.25, 0.3) is 0 Å². The third kappa shape index (κ3) is 2.99. The van der Waals surface area contributed by atoms with E-state index >= 15 is 0 Å². The van der Waals surface area contributed by atoms with E-state index in [0.29, 0.717) is 17.4 Å². The summed E-state index contributed by atoms with van der Waals surface area (Å²) in [5, 5.41) is 8.87. The maximum Gasteiger partial charge on any atom is 0.274 e. The van der Waals surface area contributed by atoms with Gasteiger partial charge in [0.25, 0.3) is 11.8 Å². The summed E-state index contributed by atoms with van der Waals surface area (Å²) in [5.41, 5.74) is 5.40. The predicted molar refractivity (Wildman–Crippen MR) is 97.2 cm³/mol. The molecule has 2 atom stereocenters. The summed E-state index contributed by atoms with van der Waals surface area (Å²) in [7, 11) is 0. The molecule has 1 fully saturated rings. The number of nitrogens with zero attached hydrogens (tertiary/aromatic N) is 1. The molecule has 0 bridgehead atoms. The van der Waals surface area contributed by atoms with E-state index in [2.05, 4.69) is 0 Å². The molecule has 134 valence electrons. The molecule has 26 heavy (non-hydrogen) atoms. The van der Waals surface area contributed by atoms with Gasteiger partial charge in [0.15, 0.2) is 0 Å². The molecule has 2 unspecified atom stereocenters. The minimum Gasteiger partial charge on any atom is -0.338 e. The first-order valence-electron chi connectivity index (χ1n) is 9.09. The molecular formula is C21H22N2O3. The number of nitrogens with one attached hydrogen (secondary N) is 1. The Morgan fingerprint density at radius 2 is 1.85 bits per heavy atom. The average molecular weight is 350 g/mol. The zero-order valence-corrected chi connectivity index (χ0v) is 14.5. The third-order valence-corrected chi connectivity index (χ3v) is 5.74. The number of benzene rings is 2. The average Bonchev–Trinajstić information content (AvgIpc) is 3.33. The van der Waals surface area contributed by atoms with Crippen LogP contribution in [0.4, 0.5) is 0 Å². The Hall–Kier alpha value is -2.66. The predicted octanol–water partition coefficient (Wildman–Crippen LogP) is 3.00. The summed E-state index contributed by atoms with van der Waals surface area (Å²) in [6, 6.07) is 15.1. The second-order valence-electron chi connectivity index (χ2n) is 7.17. The number of hydrogen-bond acceptors (Lipinski definition) is 3. The van der Waals surface area contributed by atoms with Crippen molar-refractivity contribution in [2.75, 3.05) is 13.1 Å². The molecule has 2 amide bonds. The van der Waals surface area contributed by atoms with Gasteiger partial charge in [0.2, 0.25) is 0 Å². The van der Waals surface area contributed by atoms with Gasteiger partial charge in [0.1, 0.15) is 0 Å². The lowest BCUT2D eigenvalue weighted by Crippen LogP contribution is -2.29. The second-order valence-corrected chi connectivity index (χ2v) is 7.17. The quantitative estimate of drug-likeness (QED) is 0.660. The van der Waals surface area contributed by atoms with Crippen molar-refractivity contribution in [2.24, 2.45) is 5.92 Å². The summed E-state index contributed by atoms with van der Waals surface area (Å²) in [6.07, 6.45) is 3.04. The number of hydrogen-bond donors (Lipinski definition) is 2. The van der Waals surface area contributed by atoms with Gasteiger partial charge >= 0.3 is 0 Å². The van der Waals surface area contributed by atoms with Gasteiger partial charge in [-0.25, -0.2) is 5.48 Å². The molecule has 2 aromatic carbocycles. The maximum absolute atomic E-state index is 12.7. The Bertz CT molecular complexity index is 834. The number of rotatable bonds is 3. The smallest absolute Gasteiger partial charge is 0.274 e. The van der Waals surface area contributed by atoms with Crippen LogP contribution in [0.5, 0.6) is 0 Å². The van der Waals surface area contributed by atoms with Crippen molar-refractivity contribution >= 4 is 11.8 Å². The molecule has 2 aliphatic rings. The number of carbonyl (C=O) groups is 2. The number of likely N-dealkylation sites (tertiary alicyclic amines) is 1. The molecule has 1 saturated heterocycles. The van der Waals surface area contributed by atoms with E-state index in [0.717, 1.165) is 37.9 Å². The normalized spacial score (nSPS) is 21.5. The summed E-state index contributed by atoms with van der Waals surface area (Å²) < 4.78 is 0. The van der Waals surface area contributed by atoms with Gasteiger partial charge in [-0.1, -0.05) is 24.3 Å². The van der Waals surface area contributed by atoms with Crippen LogP contribution in [0.3, 0.4) is 0 Å². The Balaban J connectivity index is 1.51. The van der Waals surface area contributed by atoms with Crippen molar-refractivity contribution in [3.8, 4) is 0 Å². The standard InChI is InChI=1S/C21H22N2O3/c24-20(22-26)16-7-6-14-8-9-18(19(14)12-16)17-10-11-23(13-17)21(25)15-4-2-1-3-5-15/h1-7,12,17-18,26H,8-11,13H2,(H,22,24). The number of amides is 2. The van der Waals surface area contributed by atoms with E-state index in [4.69, 9.17) is 5.21 Å². The molecule has 5 heteroatoms. The topological polar surface area (TPSA) is 69.6 Å². The summed E-state index contributed by atoms with van der Waals surface area (Å²) in [4.78, 5) is 26.4. The lowest BCUT2D eigenvalue weighted by atomic mass is 9.86. The first-order valence-corrected chi connectivity index (χ1v) is 9.09. The van der Waals surface area contributed by atoms with Gasteiger partial charge in [0.05, 0.1) is 0 Å². The van der Waals surface area contributed by atoms with Crippen molar-refractivity contribution in [2.45, 2.75) is 25.2 Å². The van der Waals surface area contributed by atoms with Crippen LogP contribution in [-0.4, -0.2) is 35.0 Å². The highest BCUT2D eigenvalue weighted by molar-refractivity contribution is 5.94. The molecular weight excluding hydrogens is 328 g/mol. The number of hydroxylamine groups is 1. The van der Waals surface area contributed by atoms with Crippen LogP contribution in [0, 0.1) is 5.92 Å². The lowest BCUT2D eigenvalue weighted by molar-refractivity contribution is 0.0706. The van der Waals surface area contributed by atoms with Gasteiger partial charge < -0.3 is 4.90 Å². The van der Waals surface area contributed by atoms with Crippen LogP contribution in [0.2, 0.25) is 0 Å². The molecule has 1 heterocycles. The third-order valence-electron chi connectivity index (χ3n) is 5.74. The maximum atomic E-state index is 12.7. The Kier molecular flexibility index (Phi) is 4.47. The lowest BCUT2D eigenvalue weighted by Gasteiger charge is -2.21. The van der Waals surface area contributed by atoms with E-state index < -0.39 is 5.91 Å². The second kappa shape index (κ2) is 6.92. The van der Waals surface area contributed by atoms with E-state index in [1.807, 2.05) is 47.4 Å². The molecule has 4 rings (SSSR count). The summed E-state index contributed by atoms with van der Waals surface area (Å²) >= 11 is 0. The van der Waals surface area contributed by atoms with E-state index in [1.165, 1.54) is 11.1 Å². The molecule has 0 radical (unpaired) electrons.